The van der Waals surface area contributed by atoms with Crippen molar-refractivity contribution < 1.29 is 4.74 Å². The number of alkyl halides is 1. The van der Waals surface area contributed by atoms with Crippen LogP contribution in [0.3, 0.4) is 0 Å². The van der Waals surface area contributed by atoms with E-state index in [4.69, 9.17) is 16.3 Å². The van der Waals surface area contributed by atoms with Gasteiger partial charge < -0.3 is 4.74 Å². The predicted octanol–water partition coefficient (Wildman–Crippen LogP) is 6.12. The van der Waals surface area contributed by atoms with Gasteiger partial charge in [0.05, 0.1) is 5.38 Å². The zero-order chi connectivity index (χ0) is 15.4. The quantitative estimate of drug-likeness (QED) is 0.528. The predicted molar refractivity (Wildman–Crippen MR) is 91.8 cm³/mol. The number of aryl methyl sites for hydroxylation is 1. The zero-order valence-corrected chi connectivity index (χ0v) is 13.1. The summed E-state index contributed by atoms with van der Waals surface area (Å²) in [5, 5.41) is -0.147. The molecule has 22 heavy (non-hydrogen) atoms. The van der Waals surface area contributed by atoms with Crippen LogP contribution in [0.5, 0.6) is 11.5 Å². The zero-order valence-electron chi connectivity index (χ0n) is 12.4. The van der Waals surface area contributed by atoms with Gasteiger partial charge in [-0.25, -0.2) is 0 Å². The molecule has 0 aromatic heterocycles. The molecule has 0 aliphatic carbocycles. The molecular formula is C20H17ClO. The Morgan fingerprint density at radius 2 is 1.18 bits per heavy atom. The fourth-order valence-electron chi connectivity index (χ4n) is 2.26. The van der Waals surface area contributed by atoms with Gasteiger partial charge in [-0.05, 0) is 42.3 Å². The molecule has 0 bridgehead atoms. The number of hydrogen-bond donors (Lipinski definition) is 0. The average molecular weight is 309 g/mol. The molecule has 0 aliphatic rings. The van der Waals surface area contributed by atoms with Crippen molar-refractivity contribution in [2.45, 2.75) is 12.3 Å². The SMILES string of the molecule is Cc1ccc(C(Cl)c2ccc(Oc3ccccc3)cc2)cc1. The minimum Gasteiger partial charge on any atom is -0.457 e. The summed E-state index contributed by atoms with van der Waals surface area (Å²) in [5.41, 5.74) is 3.40. The Balaban J connectivity index is 1.75. The molecule has 0 amide bonds. The van der Waals surface area contributed by atoms with Crippen LogP contribution in [0.15, 0.2) is 78.9 Å². The van der Waals surface area contributed by atoms with E-state index < -0.39 is 0 Å². The van der Waals surface area contributed by atoms with Crippen LogP contribution in [-0.4, -0.2) is 0 Å². The van der Waals surface area contributed by atoms with Crippen molar-refractivity contribution in [1.29, 1.82) is 0 Å². The molecular weight excluding hydrogens is 292 g/mol. The van der Waals surface area contributed by atoms with Gasteiger partial charge in [0.2, 0.25) is 0 Å². The van der Waals surface area contributed by atoms with Crippen LogP contribution in [0.2, 0.25) is 0 Å². The number of para-hydroxylation sites is 1. The van der Waals surface area contributed by atoms with Crippen LogP contribution in [0, 0.1) is 6.92 Å². The minimum absolute atomic E-state index is 0.147. The molecule has 0 saturated heterocycles. The first kappa shape index (κ1) is 14.7. The van der Waals surface area contributed by atoms with Crippen LogP contribution in [0.1, 0.15) is 22.1 Å². The van der Waals surface area contributed by atoms with E-state index in [0.717, 1.165) is 22.6 Å². The standard InChI is InChI=1S/C20H17ClO/c1-15-7-9-16(10-8-15)20(21)17-11-13-19(14-12-17)22-18-5-3-2-4-6-18/h2-14,20H,1H3. The van der Waals surface area contributed by atoms with E-state index >= 15 is 0 Å². The lowest BCUT2D eigenvalue weighted by molar-refractivity contribution is 0.482. The molecule has 1 nitrogen and oxygen atoms in total. The largest absolute Gasteiger partial charge is 0.457 e. The van der Waals surface area contributed by atoms with Crippen molar-refractivity contribution in [3.05, 3.63) is 95.6 Å². The second kappa shape index (κ2) is 6.67. The van der Waals surface area contributed by atoms with Crippen LogP contribution in [0.25, 0.3) is 0 Å². The molecule has 0 saturated carbocycles. The van der Waals surface area contributed by atoms with Gasteiger partial charge in [0.25, 0.3) is 0 Å². The van der Waals surface area contributed by atoms with Gasteiger partial charge in [0.15, 0.2) is 0 Å². The summed E-state index contributed by atoms with van der Waals surface area (Å²) in [7, 11) is 0. The average Bonchev–Trinajstić information content (AvgIpc) is 2.57. The fourth-order valence-corrected chi connectivity index (χ4v) is 2.55. The van der Waals surface area contributed by atoms with Crippen LogP contribution < -0.4 is 4.74 Å². The summed E-state index contributed by atoms with van der Waals surface area (Å²) in [6.07, 6.45) is 0. The Morgan fingerprint density at radius 1 is 0.682 bits per heavy atom. The van der Waals surface area contributed by atoms with E-state index in [0.29, 0.717) is 0 Å². The van der Waals surface area contributed by atoms with E-state index in [9.17, 15) is 0 Å². The number of hydrogen-bond acceptors (Lipinski definition) is 1. The summed E-state index contributed by atoms with van der Waals surface area (Å²) >= 11 is 6.56. The van der Waals surface area contributed by atoms with E-state index in [2.05, 4.69) is 31.2 Å². The fraction of sp³-hybridized carbons (Fsp3) is 0.100. The van der Waals surface area contributed by atoms with Crippen LogP contribution >= 0.6 is 11.6 Å². The van der Waals surface area contributed by atoms with E-state index in [1.807, 2.05) is 54.6 Å². The third-order valence-electron chi connectivity index (χ3n) is 3.52. The van der Waals surface area contributed by atoms with Crippen molar-refractivity contribution in [3.8, 4) is 11.5 Å². The second-order valence-electron chi connectivity index (χ2n) is 5.26. The Morgan fingerprint density at radius 3 is 1.77 bits per heavy atom. The van der Waals surface area contributed by atoms with Crippen LogP contribution in [-0.2, 0) is 0 Å². The second-order valence-corrected chi connectivity index (χ2v) is 5.69. The van der Waals surface area contributed by atoms with Gasteiger partial charge in [0.1, 0.15) is 11.5 Å². The van der Waals surface area contributed by atoms with Gasteiger partial charge >= 0.3 is 0 Å². The Kier molecular flexibility index (Phi) is 4.45. The van der Waals surface area contributed by atoms with Crippen molar-refractivity contribution in [3.63, 3.8) is 0 Å². The molecule has 3 aromatic rings. The summed E-state index contributed by atoms with van der Waals surface area (Å²) < 4.78 is 5.79. The van der Waals surface area contributed by atoms with Gasteiger partial charge in [-0.15, -0.1) is 11.6 Å². The smallest absolute Gasteiger partial charge is 0.127 e. The van der Waals surface area contributed by atoms with Crippen molar-refractivity contribution in [1.82, 2.24) is 0 Å². The Labute approximate surface area is 136 Å². The first-order valence-electron chi connectivity index (χ1n) is 7.26. The minimum atomic E-state index is -0.147. The molecule has 1 atom stereocenters. The highest BCUT2D eigenvalue weighted by Gasteiger charge is 2.10. The molecule has 0 heterocycles. The number of ether oxygens (including phenoxy) is 1. The third kappa shape index (κ3) is 3.49. The molecule has 3 aromatic carbocycles. The van der Waals surface area contributed by atoms with Crippen LogP contribution in [0.4, 0.5) is 0 Å². The summed E-state index contributed by atoms with van der Waals surface area (Å²) in [6.45, 7) is 2.07. The van der Waals surface area contributed by atoms with E-state index in [-0.39, 0.29) is 5.38 Å². The van der Waals surface area contributed by atoms with E-state index in [1.165, 1.54) is 5.56 Å². The lowest BCUT2D eigenvalue weighted by Crippen LogP contribution is -1.93. The van der Waals surface area contributed by atoms with Crippen molar-refractivity contribution in [2.24, 2.45) is 0 Å². The first-order valence-corrected chi connectivity index (χ1v) is 7.69. The number of benzene rings is 3. The highest BCUT2D eigenvalue weighted by molar-refractivity contribution is 6.22. The number of halogens is 1. The molecule has 0 radical (unpaired) electrons. The molecule has 1 unspecified atom stereocenters. The maximum atomic E-state index is 6.56. The molecule has 0 aliphatic heterocycles. The third-order valence-corrected chi connectivity index (χ3v) is 4.03. The molecule has 0 N–H and O–H groups in total. The molecule has 110 valence electrons. The summed E-state index contributed by atoms with van der Waals surface area (Å²) in [5.74, 6) is 1.64. The Hall–Kier alpha value is -2.25. The first-order chi connectivity index (χ1) is 10.7. The topological polar surface area (TPSA) is 9.23 Å². The molecule has 0 fully saturated rings. The highest BCUT2D eigenvalue weighted by Crippen LogP contribution is 2.31. The van der Waals surface area contributed by atoms with Gasteiger partial charge in [-0.2, -0.15) is 0 Å². The Bertz CT molecular complexity index is 718. The molecule has 3 rings (SSSR count). The highest BCUT2D eigenvalue weighted by atomic mass is 35.5. The van der Waals surface area contributed by atoms with Crippen molar-refractivity contribution in [2.75, 3.05) is 0 Å². The lowest BCUT2D eigenvalue weighted by atomic mass is 10.0. The maximum Gasteiger partial charge on any atom is 0.127 e. The molecule has 0 spiro atoms. The normalized spacial score (nSPS) is 11.9. The summed E-state index contributed by atoms with van der Waals surface area (Å²) in [4.78, 5) is 0. The summed E-state index contributed by atoms with van der Waals surface area (Å²) in [6, 6.07) is 26.0. The maximum absolute atomic E-state index is 6.56. The lowest BCUT2D eigenvalue weighted by Gasteiger charge is -2.12. The van der Waals surface area contributed by atoms with Gasteiger partial charge in [-0.3, -0.25) is 0 Å². The monoisotopic (exact) mass is 308 g/mol. The number of rotatable bonds is 4. The van der Waals surface area contributed by atoms with E-state index in [1.54, 1.807) is 0 Å². The molecule has 2 heteroatoms. The van der Waals surface area contributed by atoms with Crippen molar-refractivity contribution >= 4 is 11.6 Å². The van der Waals surface area contributed by atoms with Gasteiger partial charge in [-0.1, -0.05) is 60.2 Å². The van der Waals surface area contributed by atoms with Gasteiger partial charge in [0, 0.05) is 0 Å².